The van der Waals surface area contributed by atoms with E-state index in [1.165, 1.54) is 6.07 Å². The minimum atomic E-state index is -0.227. The van der Waals surface area contributed by atoms with Crippen molar-refractivity contribution < 1.29 is 4.39 Å². The van der Waals surface area contributed by atoms with Gasteiger partial charge in [-0.1, -0.05) is 24.4 Å². The molecule has 110 valence electrons. The number of nitrogens with one attached hydrogen (secondary N) is 1. The van der Waals surface area contributed by atoms with Crippen molar-refractivity contribution in [3.8, 4) is 0 Å². The third-order valence-corrected chi connectivity index (χ3v) is 3.36. The van der Waals surface area contributed by atoms with Gasteiger partial charge in [-0.15, -0.1) is 0 Å². The van der Waals surface area contributed by atoms with Crippen LogP contribution < -0.4 is 11.1 Å². The number of aryl methyl sites for hydroxylation is 2. The summed E-state index contributed by atoms with van der Waals surface area (Å²) in [5.74, 6) is 0.196. The number of thiocarbonyl (C=S) groups is 1. The summed E-state index contributed by atoms with van der Waals surface area (Å²) in [5, 5.41) is 3.14. The predicted octanol–water partition coefficient (Wildman–Crippen LogP) is 3.04. The monoisotopic (exact) mass is 304 g/mol. The summed E-state index contributed by atoms with van der Waals surface area (Å²) in [6.07, 6.45) is 0. The number of hydrogen-bond acceptors (Lipinski definition) is 4. The van der Waals surface area contributed by atoms with Gasteiger partial charge in [0.15, 0.2) is 0 Å². The van der Waals surface area contributed by atoms with E-state index in [1.807, 2.05) is 19.9 Å². The van der Waals surface area contributed by atoms with E-state index in [0.29, 0.717) is 17.2 Å². The smallest absolute Gasteiger partial charge is 0.224 e. The minimum absolute atomic E-state index is 0.138. The maximum absolute atomic E-state index is 13.6. The standard InChI is InChI=1S/C15H17FN4S/c1-8-4-5-11(7-12(8)16)10(3)19-15-18-9(2)6-13(20-15)14(17)21/h4-7,10H,1-3H3,(H2,17,21)(H,18,19,20). The summed E-state index contributed by atoms with van der Waals surface area (Å²) in [4.78, 5) is 8.77. The van der Waals surface area contributed by atoms with E-state index in [0.717, 1.165) is 11.3 Å². The molecule has 21 heavy (non-hydrogen) atoms. The van der Waals surface area contributed by atoms with Crippen LogP contribution in [0.1, 0.15) is 35.5 Å². The molecule has 1 atom stereocenters. The van der Waals surface area contributed by atoms with E-state index in [1.54, 1.807) is 19.1 Å². The van der Waals surface area contributed by atoms with E-state index in [-0.39, 0.29) is 16.8 Å². The molecule has 0 bridgehead atoms. The zero-order valence-electron chi connectivity index (χ0n) is 12.1. The van der Waals surface area contributed by atoms with Gasteiger partial charge in [-0.25, -0.2) is 14.4 Å². The second kappa shape index (κ2) is 6.13. The fraction of sp³-hybridized carbons (Fsp3) is 0.267. The third kappa shape index (κ3) is 3.72. The van der Waals surface area contributed by atoms with Crippen molar-refractivity contribution in [2.75, 3.05) is 5.32 Å². The van der Waals surface area contributed by atoms with E-state index in [4.69, 9.17) is 18.0 Å². The van der Waals surface area contributed by atoms with E-state index >= 15 is 0 Å². The number of halogens is 1. The molecule has 0 radical (unpaired) electrons. The first kappa shape index (κ1) is 15.3. The average molecular weight is 304 g/mol. The molecule has 1 unspecified atom stereocenters. The summed E-state index contributed by atoms with van der Waals surface area (Å²) in [5.41, 5.74) is 8.31. The highest BCUT2D eigenvalue weighted by molar-refractivity contribution is 7.80. The molecule has 0 saturated carbocycles. The normalized spacial score (nSPS) is 12.0. The number of aromatic nitrogens is 2. The van der Waals surface area contributed by atoms with E-state index in [9.17, 15) is 4.39 Å². The lowest BCUT2D eigenvalue weighted by atomic mass is 10.1. The molecule has 6 heteroatoms. The first-order valence-electron chi connectivity index (χ1n) is 6.55. The van der Waals surface area contributed by atoms with Crippen LogP contribution in [0.2, 0.25) is 0 Å². The highest BCUT2D eigenvalue weighted by Gasteiger charge is 2.11. The van der Waals surface area contributed by atoms with Crippen LogP contribution in [0.15, 0.2) is 24.3 Å². The number of nitrogens with two attached hydrogens (primary N) is 1. The van der Waals surface area contributed by atoms with Gasteiger partial charge in [0.1, 0.15) is 16.5 Å². The SMILES string of the molecule is Cc1cc(C(N)=S)nc(NC(C)c2ccc(C)c(F)c2)n1. The molecule has 0 saturated heterocycles. The summed E-state index contributed by atoms with van der Waals surface area (Å²) in [6.45, 7) is 5.48. The van der Waals surface area contributed by atoms with Crippen LogP contribution in [0.3, 0.4) is 0 Å². The number of rotatable bonds is 4. The number of nitrogens with zero attached hydrogens (tertiary/aromatic N) is 2. The molecule has 2 aromatic rings. The second-order valence-corrected chi connectivity index (χ2v) is 5.40. The number of anilines is 1. The Balaban J connectivity index is 2.24. The third-order valence-electron chi connectivity index (χ3n) is 3.15. The van der Waals surface area contributed by atoms with Crippen LogP contribution in [-0.2, 0) is 0 Å². The lowest BCUT2D eigenvalue weighted by Gasteiger charge is -2.15. The van der Waals surface area contributed by atoms with Gasteiger partial charge < -0.3 is 11.1 Å². The second-order valence-electron chi connectivity index (χ2n) is 4.96. The molecule has 0 aliphatic carbocycles. The van der Waals surface area contributed by atoms with Crippen LogP contribution in [0.5, 0.6) is 0 Å². The maximum atomic E-state index is 13.6. The first-order chi connectivity index (χ1) is 9.86. The topological polar surface area (TPSA) is 63.8 Å². The molecular weight excluding hydrogens is 287 g/mol. The van der Waals surface area contributed by atoms with Crippen LogP contribution in [0.4, 0.5) is 10.3 Å². The molecule has 1 aromatic carbocycles. The van der Waals surface area contributed by atoms with Crippen molar-refractivity contribution in [3.05, 3.63) is 52.6 Å². The van der Waals surface area contributed by atoms with Gasteiger partial charge in [0.2, 0.25) is 5.95 Å². The van der Waals surface area contributed by atoms with E-state index < -0.39 is 0 Å². The highest BCUT2D eigenvalue weighted by Crippen LogP contribution is 2.19. The molecule has 1 heterocycles. The zero-order valence-corrected chi connectivity index (χ0v) is 13.0. The fourth-order valence-electron chi connectivity index (χ4n) is 1.91. The largest absolute Gasteiger partial charge is 0.388 e. The molecule has 1 aromatic heterocycles. The maximum Gasteiger partial charge on any atom is 0.224 e. The van der Waals surface area contributed by atoms with Crippen molar-refractivity contribution >= 4 is 23.2 Å². The molecular formula is C15H17FN4S. The predicted molar refractivity (Wildman–Crippen MR) is 85.8 cm³/mol. The van der Waals surface area contributed by atoms with Crippen molar-refractivity contribution in [1.29, 1.82) is 0 Å². The Hall–Kier alpha value is -2.08. The van der Waals surface area contributed by atoms with Crippen LogP contribution in [-0.4, -0.2) is 15.0 Å². The summed E-state index contributed by atoms with van der Waals surface area (Å²) in [6, 6.07) is 6.72. The van der Waals surface area contributed by atoms with Gasteiger partial charge in [0.05, 0.1) is 6.04 Å². The highest BCUT2D eigenvalue weighted by atomic mass is 32.1. The van der Waals surface area contributed by atoms with Crippen LogP contribution in [0, 0.1) is 19.7 Å². The lowest BCUT2D eigenvalue weighted by Crippen LogP contribution is -2.16. The number of hydrogen-bond donors (Lipinski definition) is 2. The molecule has 0 aliphatic rings. The molecule has 4 nitrogen and oxygen atoms in total. The minimum Gasteiger partial charge on any atom is -0.388 e. The Morgan fingerprint density at radius 3 is 2.62 bits per heavy atom. The summed E-state index contributed by atoms with van der Waals surface area (Å²) in [7, 11) is 0. The quantitative estimate of drug-likeness (QED) is 0.850. The van der Waals surface area contributed by atoms with Gasteiger partial charge in [-0.3, -0.25) is 0 Å². The molecule has 0 fully saturated rings. The van der Waals surface area contributed by atoms with Gasteiger partial charge >= 0.3 is 0 Å². The summed E-state index contributed by atoms with van der Waals surface area (Å²) < 4.78 is 13.6. The van der Waals surface area contributed by atoms with Crippen molar-refractivity contribution in [3.63, 3.8) is 0 Å². The lowest BCUT2D eigenvalue weighted by molar-refractivity contribution is 0.614. The van der Waals surface area contributed by atoms with E-state index in [2.05, 4.69) is 15.3 Å². The van der Waals surface area contributed by atoms with Gasteiger partial charge in [-0.2, -0.15) is 0 Å². The molecule has 0 amide bonds. The molecule has 0 aliphatic heterocycles. The van der Waals surface area contributed by atoms with Gasteiger partial charge in [0.25, 0.3) is 0 Å². The Labute approximate surface area is 128 Å². The molecule has 2 rings (SSSR count). The molecule has 3 N–H and O–H groups in total. The Kier molecular flexibility index (Phi) is 4.47. The Morgan fingerprint density at radius 1 is 1.29 bits per heavy atom. The Bertz CT molecular complexity index is 687. The number of benzene rings is 1. The Morgan fingerprint density at radius 2 is 2.00 bits per heavy atom. The first-order valence-corrected chi connectivity index (χ1v) is 6.95. The fourth-order valence-corrected chi connectivity index (χ4v) is 2.02. The summed E-state index contributed by atoms with van der Waals surface area (Å²) >= 11 is 4.93. The van der Waals surface area contributed by atoms with Gasteiger partial charge in [-0.05, 0) is 44.0 Å². The zero-order chi connectivity index (χ0) is 15.6. The average Bonchev–Trinajstić information content (AvgIpc) is 2.41. The van der Waals surface area contributed by atoms with Crippen LogP contribution >= 0.6 is 12.2 Å². The van der Waals surface area contributed by atoms with Crippen molar-refractivity contribution in [2.24, 2.45) is 5.73 Å². The van der Waals surface area contributed by atoms with Gasteiger partial charge in [0, 0.05) is 5.69 Å². The van der Waals surface area contributed by atoms with Crippen molar-refractivity contribution in [2.45, 2.75) is 26.8 Å². The van der Waals surface area contributed by atoms with Crippen molar-refractivity contribution in [1.82, 2.24) is 9.97 Å². The molecule has 0 spiro atoms. The van der Waals surface area contributed by atoms with Crippen LogP contribution in [0.25, 0.3) is 0 Å².